The smallest absolute Gasteiger partial charge is 0.154 e. The number of hydrogen-bond acceptors (Lipinski definition) is 6. The van der Waals surface area contributed by atoms with E-state index in [1.165, 1.54) is 0 Å². The Labute approximate surface area is 165 Å². The highest BCUT2D eigenvalue weighted by atomic mass is 16.5. The fourth-order valence-electron chi connectivity index (χ4n) is 4.54. The van der Waals surface area contributed by atoms with E-state index in [4.69, 9.17) is 4.74 Å². The zero-order valence-electron chi connectivity index (χ0n) is 16.2. The topological polar surface area (TPSA) is 87.5 Å². The van der Waals surface area contributed by atoms with Gasteiger partial charge in [-0.3, -0.25) is 0 Å². The Morgan fingerprint density at radius 1 is 1.14 bits per heavy atom. The number of phenolic OH excluding ortho intramolecular Hbond substituents is 1. The predicted molar refractivity (Wildman–Crippen MR) is 106 cm³/mol. The van der Waals surface area contributed by atoms with Crippen molar-refractivity contribution in [2.24, 2.45) is 0 Å². The molecule has 1 spiro atoms. The number of aliphatic hydroxyl groups excluding tert-OH is 1. The van der Waals surface area contributed by atoms with Gasteiger partial charge in [-0.05, 0) is 55.9 Å². The Morgan fingerprint density at radius 3 is 2.71 bits per heavy atom. The number of aryl methyl sites for hydroxylation is 1. The number of aliphatic hydroxyl groups is 1. The molecule has 0 bridgehead atoms. The monoisotopic (exact) mass is 381 g/mol. The average Bonchev–Trinajstić information content (AvgIpc) is 3.43. The molecule has 3 aliphatic rings. The van der Waals surface area contributed by atoms with Crippen LogP contribution in [0.3, 0.4) is 0 Å². The van der Waals surface area contributed by atoms with Crippen molar-refractivity contribution in [3.8, 4) is 17.0 Å². The van der Waals surface area contributed by atoms with E-state index in [9.17, 15) is 10.2 Å². The van der Waals surface area contributed by atoms with Gasteiger partial charge >= 0.3 is 0 Å². The SMILES string of the molecule is Cc1ccc(-c2nnc(N[C@@H]3CCCC[C@H]3O)c3c2CC2(CC2)OC3)c(O)c1. The molecular formula is C22H27N3O3. The molecule has 2 aliphatic carbocycles. The van der Waals surface area contributed by atoms with Crippen LogP contribution in [0.5, 0.6) is 5.75 Å². The molecule has 6 nitrogen and oxygen atoms in total. The second-order valence-corrected chi connectivity index (χ2v) is 8.63. The molecule has 0 amide bonds. The molecule has 1 aliphatic heterocycles. The van der Waals surface area contributed by atoms with Crippen LogP contribution in [-0.2, 0) is 17.8 Å². The van der Waals surface area contributed by atoms with E-state index in [1.807, 2.05) is 19.1 Å². The summed E-state index contributed by atoms with van der Waals surface area (Å²) in [5.74, 6) is 0.947. The number of aromatic nitrogens is 2. The second kappa shape index (κ2) is 6.71. The molecule has 0 radical (unpaired) electrons. The minimum absolute atomic E-state index is 0.00240. The van der Waals surface area contributed by atoms with Gasteiger partial charge in [0.15, 0.2) is 5.82 Å². The molecule has 2 atom stereocenters. The number of anilines is 1. The van der Waals surface area contributed by atoms with Crippen molar-refractivity contribution < 1.29 is 14.9 Å². The molecule has 1 aromatic heterocycles. The molecule has 6 heteroatoms. The summed E-state index contributed by atoms with van der Waals surface area (Å²) in [6.07, 6.45) is 6.51. The van der Waals surface area contributed by atoms with Crippen molar-refractivity contribution in [3.05, 3.63) is 34.9 Å². The van der Waals surface area contributed by atoms with Crippen LogP contribution in [0.4, 0.5) is 5.82 Å². The summed E-state index contributed by atoms with van der Waals surface area (Å²) >= 11 is 0. The van der Waals surface area contributed by atoms with Crippen LogP contribution in [-0.4, -0.2) is 38.2 Å². The molecule has 0 saturated heterocycles. The molecule has 2 fully saturated rings. The third-order valence-electron chi connectivity index (χ3n) is 6.48. The Hall–Kier alpha value is -2.18. The molecule has 2 aromatic rings. The second-order valence-electron chi connectivity index (χ2n) is 8.63. The van der Waals surface area contributed by atoms with Gasteiger partial charge in [-0.1, -0.05) is 18.9 Å². The molecule has 3 N–H and O–H groups in total. The van der Waals surface area contributed by atoms with E-state index in [0.29, 0.717) is 12.4 Å². The van der Waals surface area contributed by atoms with Crippen LogP contribution in [0.1, 0.15) is 55.2 Å². The number of aromatic hydroxyl groups is 1. The minimum Gasteiger partial charge on any atom is -0.507 e. The standard InChI is InChI=1S/C22H27N3O3/c1-13-6-7-14(19(27)10-13)20-15-11-22(8-9-22)28-12-16(15)21(25-24-20)23-17-4-2-3-5-18(17)26/h6-7,10,17-18,26-27H,2-5,8-9,11-12H2,1H3,(H,23,25)/t17-,18-/m1/s1. The zero-order valence-corrected chi connectivity index (χ0v) is 16.2. The van der Waals surface area contributed by atoms with E-state index < -0.39 is 0 Å². The van der Waals surface area contributed by atoms with Gasteiger partial charge in [0.1, 0.15) is 11.4 Å². The number of ether oxygens (including phenoxy) is 1. The summed E-state index contributed by atoms with van der Waals surface area (Å²) in [6.45, 7) is 2.45. The number of nitrogens with zero attached hydrogens (tertiary/aromatic N) is 2. The Bertz CT molecular complexity index is 910. The normalized spacial score (nSPS) is 25.4. The Balaban J connectivity index is 1.56. The first-order valence-electron chi connectivity index (χ1n) is 10.3. The lowest BCUT2D eigenvalue weighted by Gasteiger charge is -2.32. The molecule has 148 valence electrons. The lowest BCUT2D eigenvalue weighted by atomic mass is 9.91. The maximum Gasteiger partial charge on any atom is 0.154 e. The van der Waals surface area contributed by atoms with E-state index >= 15 is 0 Å². The van der Waals surface area contributed by atoms with Gasteiger partial charge in [-0.15, -0.1) is 10.2 Å². The number of nitrogens with one attached hydrogen (secondary N) is 1. The molecule has 1 aromatic carbocycles. The molecule has 2 saturated carbocycles. The van der Waals surface area contributed by atoms with Crippen molar-refractivity contribution in [2.75, 3.05) is 5.32 Å². The van der Waals surface area contributed by atoms with E-state index in [0.717, 1.165) is 72.9 Å². The van der Waals surface area contributed by atoms with E-state index in [1.54, 1.807) is 6.07 Å². The number of hydrogen-bond donors (Lipinski definition) is 3. The lowest BCUT2D eigenvalue weighted by molar-refractivity contribution is 0.00823. The fourth-order valence-corrected chi connectivity index (χ4v) is 4.54. The number of fused-ring (bicyclic) bond motifs is 1. The van der Waals surface area contributed by atoms with Crippen molar-refractivity contribution in [3.63, 3.8) is 0 Å². The molecular weight excluding hydrogens is 354 g/mol. The average molecular weight is 381 g/mol. The first-order chi connectivity index (χ1) is 13.5. The van der Waals surface area contributed by atoms with Gasteiger partial charge in [-0.25, -0.2) is 0 Å². The summed E-state index contributed by atoms with van der Waals surface area (Å²) in [5, 5.41) is 33.3. The highest BCUT2D eigenvalue weighted by Crippen LogP contribution is 2.49. The van der Waals surface area contributed by atoms with Crippen molar-refractivity contribution in [1.82, 2.24) is 10.2 Å². The first-order valence-corrected chi connectivity index (χ1v) is 10.3. The maximum absolute atomic E-state index is 10.5. The highest BCUT2D eigenvalue weighted by Gasteiger charge is 2.48. The maximum atomic E-state index is 10.5. The van der Waals surface area contributed by atoms with Crippen molar-refractivity contribution >= 4 is 5.82 Å². The van der Waals surface area contributed by atoms with Crippen LogP contribution in [0, 0.1) is 6.92 Å². The quantitative estimate of drug-likeness (QED) is 0.755. The number of phenols is 1. The number of benzene rings is 1. The van der Waals surface area contributed by atoms with Gasteiger partial charge in [0.25, 0.3) is 0 Å². The van der Waals surface area contributed by atoms with Crippen molar-refractivity contribution in [1.29, 1.82) is 0 Å². The molecule has 28 heavy (non-hydrogen) atoms. The summed E-state index contributed by atoms with van der Waals surface area (Å²) in [5.41, 5.74) is 4.54. The number of rotatable bonds is 3. The summed E-state index contributed by atoms with van der Waals surface area (Å²) < 4.78 is 6.17. The van der Waals surface area contributed by atoms with Crippen molar-refractivity contribution in [2.45, 2.75) is 76.2 Å². The third kappa shape index (κ3) is 3.14. The highest BCUT2D eigenvalue weighted by molar-refractivity contribution is 5.73. The predicted octanol–water partition coefficient (Wildman–Crippen LogP) is 3.48. The summed E-state index contributed by atoms with van der Waals surface area (Å²) in [6, 6.07) is 5.67. The summed E-state index contributed by atoms with van der Waals surface area (Å²) in [7, 11) is 0. The Kier molecular flexibility index (Phi) is 4.29. The van der Waals surface area contributed by atoms with E-state index in [-0.39, 0.29) is 23.5 Å². The van der Waals surface area contributed by atoms with Gasteiger partial charge in [0, 0.05) is 17.5 Å². The third-order valence-corrected chi connectivity index (χ3v) is 6.48. The van der Waals surface area contributed by atoms with Gasteiger partial charge in [0.05, 0.1) is 24.4 Å². The van der Waals surface area contributed by atoms with Crippen LogP contribution in [0.2, 0.25) is 0 Å². The molecule has 5 rings (SSSR count). The van der Waals surface area contributed by atoms with Crippen LogP contribution >= 0.6 is 0 Å². The molecule has 2 heterocycles. The zero-order chi connectivity index (χ0) is 19.3. The van der Waals surface area contributed by atoms with E-state index in [2.05, 4.69) is 15.5 Å². The van der Waals surface area contributed by atoms with Gasteiger partial charge in [-0.2, -0.15) is 0 Å². The minimum atomic E-state index is -0.355. The van der Waals surface area contributed by atoms with Crippen LogP contribution in [0.15, 0.2) is 18.2 Å². The summed E-state index contributed by atoms with van der Waals surface area (Å²) in [4.78, 5) is 0. The largest absolute Gasteiger partial charge is 0.507 e. The fraction of sp³-hybridized carbons (Fsp3) is 0.545. The first kappa shape index (κ1) is 17.9. The lowest BCUT2D eigenvalue weighted by Crippen LogP contribution is -2.37. The van der Waals surface area contributed by atoms with Crippen LogP contribution in [0.25, 0.3) is 11.3 Å². The Morgan fingerprint density at radius 2 is 1.96 bits per heavy atom. The van der Waals surface area contributed by atoms with Gasteiger partial charge < -0.3 is 20.3 Å². The van der Waals surface area contributed by atoms with Gasteiger partial charge in [0.2, 0.25) is 0 Å². The van der Waals surface area contributed by atoms with Crippen LogP contribution < -0.4 is 5.32 Å². The molecule has 0 unspecified atom stereocenters.